The molecule has 0 aliphatic carbocycles. The Morgan fingerprint density at radius 2 is 2.00 bits per heavy atom. The van der Waals surface area contributed by atoms with Crippen LogP contribution in [0.1, 0.15) is 18.9 Å². The molecule has 100 valence electrons. The van der Waals surface area contributed by atoms with Crippen LogP contribution in [0.5, 0.6) is 0 Å². The molecule has 1 amide bonds. The quantitative estimate of drug-likeness (QED) is 0.804. The molecule has 0 bridgehead atoms. The van der Waals surface area contributed by atoms with E-state index in [-0.39, 0.29) is 18.6 Å². The summed E-state index contributed by atoms with van der Waals surface area (Å²) >= 11 is 1.68. The van der Waals surface area contributed by atoms with Gasteiger partial charge in [-0.1, -0.05) is 17.7 Å². The third-order valence-electron chi connectivity index (χ3n) is 2.92. The summed E-state index contributed by atoms with van der Waals surface area (Å²) in [6, 6.07) is 8.19. The number of amides is 1. The third kappa shape index (κ3) is 4.70. The number of nitrogens with zero attached hydrogens (tertiary/aromatic N) is 1. The Morgan fingerprint density at radius 1 is 1.39 bits per heavy atom. The standard InChI is InChI=1S/C14H21NO2S/c1-11-4-6-13(7-5-11)18-9-8-14(17)15(3)12(2)10-16/h4-7,12,16H,8-10H2,1-3H3. The number of carbonyl (C=O) groups is 1. The Morgan fingerprint density at radius 3 is 2.56 bits per heavy atom. The summed E-state index contributed by atoms with van der Waals surface area (Å²) < 4.78 is 0. The fraction of sp³-hybridized carbons (Fsp3) is 0.500. The maximum absolute atomic E-state index is 11.8. The molecule has 3 nitrogen and oxygen atoms in total. The molecule has 1 aromatic carbocycles. The van der Waals surface area contributed by atoms with Crippen LogP contribution in [0.25, 0.3) is 0 Å². The third-order valence-corrected chi connectivity index (χ3v) is 3.94. The minimum absolute atomic E-state index is 0.00729. The van der Waals surface area contributed by atoms with Crippen molar-refractivity contribution in [2.75, 3.05) is 19.4 Å². The summed E-state index contributed by atoms with van der Waals surface area (Å²) in [4.78, 5) is 14.6. The minimum atomic E-state index is -0.109. The SMILES string of the molecule is Cc1ccc(SCCC(=O)N(C)C(C)CO)cc1. The molecular formula is C14H21NO2S. The zero-order chi connectivity index (χ0) is 13.5. The molecule has 0 spiro atoms. The van der Waals surface area contributed by atoms with Crippen molar-refractivity contribution in [3.05, 3.63) is 29.8 Å². The number of benzene rings is 1. The van der Waals surface area contributed by atoms with Crippen molar-refractivity contribution in [1.29, 1.82) is 0 Å². The van der Waals surface area contributed by atoms with Gasteiger partial charge >= 0.3 is 0 Å². The predicted molar refractivity (Wildman–Crippen MR) is 75.8 cm³/mol. The Kier molecular flexibility index (Phi) is 6.22. The van der Waals surface area contributed by atoms with Gasteiger partial charge in [0.2, 0.25) is 5.91 Å². The van der Waals surface area contributed by atoms with Crippen LogP contribution in [-0.2, 0) is 4.79 Å². The summed E-state index contributed by atoms with van der Waals surface area (Å²) in [5.41, 5.74) is 1.24. The van der Waals surface area contributed by atoms with E-state index in [0.29, 0.717) is 6.42 Å². The average Bonchev–Trinajstić information content (AvgIpc) is 2.39. The Balaban J connectivity index is 2.33. The van der Waals surface area contributed by atoms with E-state index in [0.717, 1.165) is 5.75 Å². The summed E-state index contributed by atoms with van der Waals surface area (Å²) in [7, 11) is 1.74. The van der Waals surface area contributed by atoms with E-state index in [9.17, 15) is 4.79 Å². The molecule has 18 heavy (non-hydrogen) atoms. The number of aliphatic hydroxyl groups excluding tert-OH is 1. The topological polar surface area (TPSA) is 40.5 Å². The van der Waals surface area contributed by atoms with Crippen LogP contribution in [0.15, 0.2) is 29.2 Å². The molecule has 0 saturated heterocycles. The first-order valence-corrected chi connectivity index (χ1v) is 7.09. The highest BCUT2D eigenvalue weighted by atomic mass is 32.2. The fourth-order valence-corrected chi connectivity index (χ4v) is 2.28. The molecule has 1 aromatic rings. The van der Waals surface area contributed by atoms with E-state index in [1.807, 2.05) is 6.92 Å². The van der Waals surface area contributed by atoms with Crippen molar-refractivity contribution in [1.82, 2.24) is 4.90 Å². The van der Waals surface area contributed by atoms with E-state index < -0.39 is 0 Å². The summed E-state index contributed by atoms with van der Waals surface area (Å²) in [5, 5.41) is 8.98. The predicted octanol–water partition coefficient (Wildman–Crippen LogP) is 2.32. The average molecular weight is 267 g/mol. The zero-order valence-electron chi connectivity index (χ0n) is 11.2. The second kappa shape index (κ2) is 7.44. The van der Waals surface area contributed by atoms with Gasteiger partial charge in [0, 0.05) is 24.1 Å². The van der Waals surface area contributed by atoms with Crippen LogP contribution >= 0.6 is 11.8 Å². The van der Waals surface area contributed by atoms with E-state index in [1.54, 1.807) is 23.7 Å². The van der Waals surface area contributed by atoms with Crippen molar-refractivity contribution >= 4 is 17.7 Å². The maximum Gasteiger partial charge on any atom is 0.223 e. The number of aliphatic hydroxyl groups is 1. The molecule has 1 atom stereocenters. The van der Waals surface area contributed by atoms with Gasteiger partial charge in [0.1, 0.15) is 0 Å². The van der Waals surface area contributed by atoms with Crippen LogP contribution in [0.4, 0.5) is 0 Å². The van der Waals surface area contributed by atoms with Gasteiger partial charge in [0.25, 0.3) is 0 Å². The van der Waals surface area contributed by atoms with Gasteiger partial charge in [-0.05, 0) is 26.0 Å². The van der Waals surface area contributed by atoms with Gasteiger partial charge < -0.3 is 10.0 Å². The molecule has 0 fully saturated rings. The second-order valence-electron chi connectivity index (χ2n) is 4.45. The van der Waals surface area contributed by atoms with Crippen molar-refractivity contribution in [3.63, 3.8) is 0 Å². The van der Waals surface area contributed by atoms with E-state index in [1.165, 1.54) is 10.5 Å². The molecule has 0 radical (unpaired) electrons. The molecule has 0 heterocycles. The van der Waals surface area contributed by atoms with Crippen molar-refractivity contribution in [2.24, 2.45) is 0 Å². The lowest BCUT2D eigenvalue weighted by Gasteiger charge is -2.23. The van der Waals surface area contributed by atoms with Gasteiger partial charge in [0.05, 0.1) is 12.6 Å². The number of hydrogen-bond acceptors (Lipinski definition) is 3. The highest BCUT2D eigenvalue weighted by Gasteiger charge is 2.14. The first kappa shape index (κ1) is 15.1. The number of carbonyl (C=O) groups excluding carboxylic acids is 1. The number of aryl methyl sites for hydroxylation is 1. The zero-order valence-corrected chi connectivity index (χ0v) is 12.0. The molecule has 1 rings (SSSR count). The van der Waals surface area contributed by atoms with Crippen molar-refractivity contribution in [3.8, 4) is 0 Å². The normalized spacial score (nSPS) is 12.2. The number of likely N-dealkylation sites (N-methyl/N-ethyl adjacent to an activating group) is 1. The largest absolute Gasteiger partial charge is 0.394 e. The molecule has 4 heteroatoms. The van der Waals surface area contributed by atoms with Crippen LogP contribution in [0.3, 0.4) is 0 Å². The van der Waals surface area contributed by atoms with Gasteiger partial charge in [0.15, 0.2) is 0 Å². The molecular weight excluding hydrogens is 246 g/mol. The van der Waals surface area contributed by atoms with E-state index >= 15 is 0 Å². The first-order valence-electron chi connectivity index (χ1n) is 6.10. The Labute approximate surface area is 113 Å². The highest BCUT2D eigenvalue weighted by Crippen LogP contribution is 2.19. The van der Waals surface area contributed by atoms with Crippen LogP contribution in [0.2, 0.25) is 0 Å². The summed E-state index contributed by atoms with van der Waals surface area (Å²) in [6.07, 6.45) is 0.499. The molecule has 1 unspecified atom stereocenters. The molecule has 0 saturated carbocycles. The summed E-state index contributed by atoms with van der Waals surface area (Å²) in [5.74, 6) is 0.848. The van der Waals surface area contributed by atoms with Crippen molar-refractivity contribution < 1.29 is 9.90 Å². The molecule has 1 N–H and O–H groups in total. The number of rotatable bonds is 6. The van der Waals surface area contributed by atoms with Gasteiger partial charge in [-0.25, -0.2) is 0 Å². The Hall–Kier alpha value is -1.00. The lowest BCUT2D eigenvalue weighted by Crippen LogP contribution is -2.37. The van der Waals surface area contributed by atoms with Gasteiger partial charge in [-0.2, -0.15) is 0 Å². The number of hydrogen-bond donors (Lipinski definition) is 1. The minimum Gasteiger partial charge on any atom is -0.394 e. The van der Waals surface area contributed by atoms with Crippen LogP contribution in [-0.4, -0.2) is 41.4 Å². The van der Waals surface area contributed by atoms with Crippen LogP contribution < -0.4 is 0 Å². The fourth-order valence-electron chi connectivity index (χ4n) is 1.44. The molecule has 0 aromatic heterocycles. The molecule has 0 aliphatic rings. The second-order valence-corrected chi connectivity index (χ2v) is 5.62. The summed E-state index contributed by atoms with van der Waals surface area (Å²) in [6.45, 7) is 3.90. The number of thioether (sulfide) groups is 1. The Bertz CT molecular complexity index is 378. The van der Waals surface area contributed by atoms with E-state index in [2.05, 4.69) is 31.2 Å². The van der Waals surface area contributed by atoms with Crippen molar-refractivity contribution in [2.45, 2.75) is 31.2 Å². The van der Waals surface area contributed by atoms with Crippen LogP contribution in [0, 0.1) is 6.92 Å². The van der Waals surface area contributed by atoms with E-state index in [4.69, 9.17) is 5.11 Å². The monoisotopic (exact) mass is 267 g/mol. The van der Waals surface area contributed by atoms with Gasteiger partial charge in [-0.15, -0.1) is 11.8 Å². The van der Waals surface area contributed by atoms with Gasteiger partial charge in [-0.3, -0.25) is 4.79 Å². The smallest absolute Gasteiger partial charge is 0.223 e. The lowest BCUT2D eigenvalue weighted by molar-refractivity contribution is -0.131. The first-order chi connectivity index (χ1) is 8.54. The maximum atomic E-state index is 11.8. The molecule has 0 aliphatic heterocycles. The lowest BCUT2D eigenvalue weighted by atomic mass is 10.2. The highest BCUT2D eigenvalue weighted by molar-refractivity contribution is 7.99.